The quantitative estimate of drug-likeness (QED) is 0.723. The third kappa shape index (κ3) is 5.11. The number of carbonyl (C=O) groups is 1. The van der Waals surface area contributed by atoms with E-state index in [2.05, 4.69) is 0 Å². The van der Waals surface area contributed by atoms with E-state index in [0.717, 1.165) is 31.2 Å². The molecule has 1 saturated heterocycles. The van der Waals surface area contributed by atoms with Gasteiger partial charge in [-0.05, 0) is 50.9 Å². The molecule has 2 aliphatic rings. The van der Waals surface area contributed by atoms with Crippen molar-refractivity contribution in [2.24, 2.45) is 0 Å². The van der Waals surface area contributed by atoms with Gasteiger partial charge in [0.05, 0.1) is 18.1 Å². The van der Waals surface area contributed by atoms with E-state index >= 15 is 0 Å². The Morgan fingerprint density at radius 3 is 2.32 bits per heavy atom. The van der Waals surface area contributed by atoms with Crippen LogP contribution < -0.4 is 0 Å². The third-order valence-corrected chi connectivity index (χ3v) is 8.01. The smallest absolute Gasteiger partial charge is 0.237 e. The minimum Gasteiger partial charge on any atom is -0.335 e. The Balaban J connectivity index is 1.72. The summed E-state index contributed by atoms with van der Waals surface area (Å²) in [5, 5.41) is 0. The van der Waals surface area contributed by atoms with E-state index in [1.165, 1.54) is 18.6 Å². The molecule has 1 amide bonds. The van der Waals surface area contributed by atoms with Crippen molar-refractivity contribution in [3.05, 3.63) is 35.6 Å². The number of benzene rings is 1. The van der Waals surface area contributed by atoms with Crippen molar-refractivity contribution in [3.8, 4) is 0 Å². The van der Waals surface area contributed by atoms with Gasteiger partial charge in [-0.25, -0.2) is 12.8 Å². The lowest BCUT2D eigenvalue weighted by molar-refractivity contribution is -0.138. The maximum Gasteiger partial charge on any atom is 0.237 e. The topological polar surface area (TPSA) is 57.7 Å². The van der Waals surface area contributed by atoms with Crippen molar-refractivity contribution in [1.82, 2.24) is 9.80 Å². The molecule has 2 unspecified atom stereocenters. The second-order valence-electron chi connectivity index (χ2n) is 8.29. The summed E-state index contributed by atoms with van der Waals surface area (Å²) in [6, 6.07) is 6.25. The van der Waals surface area contributed by atoms with Crippen LogP contribution in [0.15, 0.2) is 24.3 Å². The van der Waals surface area contributed by atoms with Crippen LogP contribution in [0.2, 0.25) is 0 Å². The molecule has 1 saturated carbocycles. The fraction of sp³-hybridized carbons (Fsp3) is 0.667. The highest BCUT2D eigenvalue weighted by Gasteiger charge is 2.38. The highest BCUT2D eigenvalue weighted by atomic mass is 32.2. The van der Waals surface area contributed by atoms with Gasteiger partial charge in [0.1, 0.15) is 5.82 Å². The Morgan fingerprint density at radius 2 is 1.75 bits per heavy atom. The van der Waals surface area contributed by atoms with E-state index in [9.17, 15) is 17.6 Å². The number of hydrogen-bond acceptors (Lipinski definition) is 4. The summed E-state index contributed by atoms with van der Waals surface area (Å²) >= 11 is 0. The molecule has 2 atom stereocenters. The van der Waals surface area contributed by atoms with Crippen molar-refractivity contribution in [2.45, 2.75) is 63.6 Å². The number of nitrogens with zero attached hydrogens (tertiary/aromatic N) is 2. The van der Waals surface area contributed by atoms with Crippen LogP contribution in [-0.4, -0.2) is 61.3 Å². The number of sulfone groups is 1. The predicted molar refractivity (Wildman–Crippen MR) is 108 cm³/mol. The van der Waals surface area contributed by atoms with Gasteiger partial charge in [-0.3, -0.25) is 9.69 Å². The molecule has 156 valence electrons. The van der Waals surface area contributed by atoms with Gasteiger partial charge in [-0.2, -0.15) is 0 Å². The molecule has 1 aliphatic carbocycles. The second-order valence-corrected chi connectivity index (χ2v) is 10.5. The standard InChI is InChI=1S/C21H31FN2O3S/c1-16(17-8-10-18(22)11-9-17)23(2)14-21(25)24(19-6-4-3-5-7-19)20-12-13-28(26,27)15-20/h8-11,16,19-20H,3-7,12-15H2,1-2H3. The van der Waals surface area contributed by atoms with E-state index in [0.29, 0.717) is 6.42 Å². The highest BCUT2D eigenvalue weighted by Crippen LogP contribution is 2.29. The molecular formula is C21H31FN2O3S. The zero-order valence-corrected chi connectivity index (χ0v) is 17.6. The molecule has 0 spiro atoms. The average molecular weight is 411 g/mol. The van der Waals surface area contributed by atoms with Crippen LogP contribution in [0.25, 0.3) is 0 Å². The van der Waals surface area contributed by atoms with Gasteiger partial charge in [0.15, 0.2) is 9.84 Å². The summed E-state index contributed by atoms with van der Waals surface area (Å²) in [5.74, 6) is -0.00584. The minimum atomic E-state index is -3.05. The first-order valence-electron chi connectivity index (χ1n) is 10.2. The van der Waals surface area contributed by atoms with Gasteiger partial charge >= 0.3 is 0 Å². The second kappa shape index (κ2) is 8.91. The zero-order valence-electron chi connectivity index (χ0n) is 16.8. The summed E-state index contributed by atoms with van der Waals surface area (Å²) in [6.07, 6.45) is 5.83. The van der Waals surface area contributed by atoms with Crippen molar-refractivity contribution >= 4 is 15.7 Å². The van der Waals surface area contributed by atoms with Crippen LogP contribution in [-0.2, 0) is 14.6 Å². The van der Waals surface area contributed by atoms with Gasteiger partial charge < -0.3 is 4.90 Å². The maximum atomic E-state index is 13.3. The molecule has 7 heteroatoms. The van der Waals surface area contributed by atoms with Gasteiger partial charge in [-0.1, -0.05) is 31.4 Å². The van der Waals surface area contributed by atoms with E-state index in [4.69, 9.17) is 0 Å². The molecule has 1 aliphatic heterocycles. The Kier molecular flexibility index (Phi) is 6.76. The van der Waals surface area contributed by atoms with Gasteiger partial charge in [0.2, 0.25) is 5.91 Å². The summed E-state index contributed by atoms with van der Waals surface area (Å²) in [7, 11) is -1.16. The molecule has 0 aromatic heterocycles. The monoisotopic (exact) mass is 410 g/mol. The average Bonchev–Trinajstić information content (AvgIpc) is 3.02. The lowest BCUT2D eigenvalue weighted by Gasteiger charge is -2.39. The zero-order chi connectivity index (χ0) is 20.3. The van der Waals surface area contributed by atoms with Gasteiger partial charge in [-0.15, -0.1) is 0 Å². The fourth-order valence-electron chi connectivity index (χ4n) is 4.49. The first-order valence-corrected chi connectivity index (χ1v) is 12.1. The molecule has 5 nitrogen and oxygen atoms in total. The number of amides is 1. The highest BCUT2D eigenvalue weighted by molar-refractivity contribution is 7.91. The van der Waals surface area contributed by atoms with Crippen molar-refractivity contribution < 1.29 is 17.6 Å². The Hall–Kier alpha value is -1.47. The lowest BCUT2D eigenvalue weighted by Crippen LogP contribution is -2.51. The van der Waals surface area contributed by atoms with Gasteiger partial charge in [0, 0.05) is 18.1 Å². The molecule has 1 aromatic rings. The SMILES string of the molecule is CC(c1ccc(F)cc1)N(C)CC(=O)N(C1CCCCC1)C1CCS(=O)(=O)C1. The maximum absolute atomic E-state index is 13.3. The van der Waals surface area contributed by atoms with Crippen LogP contribution in [0.5, 0.6) is 0 Å². The van der Waals surface area contributed by atoms with Crippen LogP contribution in [0.1, 0.15) is 57.1 Å². The molecule has 3 rings (SSSR count). The van der Waals surface area contributed by atoms with Gasteiger partial charge in [0.25, 0.3) is 0 Å². The predicted octanol–water partition coefficient (Wildman–Crippen LogP) is 3.17. The van der Waals surface area contributed by atoms with E-state index in [1.807, 2.05) is 23.8 Å². The van der Waals surface area contributed by atoms with E-state index in [1.54, 1.807) is 12.1 Å². The molecule has 2 fully saturated rings. The molecule has 1 heterocycles. The van der Waals surface area contributed by atoms with Crippen molar-refractivity contribution in [3.63, 3.8) is 0 Å². The first-order chi connectivity index (χ1) is 13.3. The normalized spacial score (nSPS) is 23.6. The van der Waals surface area contributed by atoms with Crippen LogP contribution >= 0.6 is 0 Å². The number of halogens is 1. The summed E-state index contributed by atoms with van der Waals surface area (Å²) in [6.45, 7) is 2.22. The summed E-state index contributed by atoms with van der Waals surface area (Å²) in [4.78, 5) is 17.1. The Labute approximate surface area is 167 Å². The van der Waals surface area contributed by atoms with Crippen LogP contribution in [0.4, 0.5) is 4.39 Å². The number of likely N-dealkylation sites (N-methyl/N-ethyl adjacent to an activating group) is 1. The number of hydrogen-bond donors (Lipinski definition) is 0. The van der Waals surface area contributed by atoms with E-state index < -0.39 is 9.84 Å². The largest absolute Gasteiger partial charge is 0.335 e. The summed E-state index contributed by atoms with van der Waals surface area (Å²) in [5.41, 5.74) is 0.948. The molecule has 0 bridgehead atoms. The molecule has 28 heavy (non-hydrogen) atoms. The first kappa shape index (κ1) is 21.2. The minimum absolute atomic E-state index is 0.00506. The lowest BCUT2D eigenvalue weighted by atomic mass is 9.92. The van der Waals surface area contributed by atoms with Crippen LogP contribution in [0.3, 0.4) is 0 Å². The third-order valence-electron chi connectivity index (χ3n) is 6.26. The van der Waals surface area contributed by atoms with Crippen molar-refractivity contribution in [2.75, 3.05) is 25.1 Å². The number of rotatable bonds is 6. The Morgan fingerprint density at radius 1 is 1.11 bits per heavy atom. The molecular weight excluding hydrogens is 379 g/mol. The molecule has 1 aromatic carbocycles. The van der Waals surface area contributed by atoms with E-state index in [-0.39, 0.29) is 47.9 Å². The summed E-state index contributed by atoms with van der Waals surface area (Å²) < 4.78 is 37.2. The van der Waals surface area contributed by atoms with Crippen molar-refractivity contribution in [1.29, 1.82) is 0 Å². The van der Waals surface area contributed by atoms with Crippen LogP contribution in [0, 0.1) is 5.82 Å². The molecule has 0 N–H and O–H groups in total. The molecule has 0 radical (unpaired) electrons. The number of carbonyl (C=O) groups excluding carboxylic acids is 1. The Bertz CT molecular complexity index is 775. The fourth-order valence-corrected chi connectivity index (χ4v) is 6.20.